The van der Waals surface area contributed by atoms with E-state index in [1.54, 1.807) is 24.6 Å². The van der Waals surface area contributed by atoms with Crippen molar-refractivity contribution in [3.8, 4) is 11.5 Å². The Bertz CT molecular complexity index is 991. The summed E-state index contributed by atoms with van der Waals surface area (Å²) in [6.07, 6.45) is 4.28. The van der Waals surface area contributed by atoms with E-state index in [0.717, 1.165) is 5.56 Å². The number of thiophene rings is 1. The Morgan fingerprint density at radius 3 is 2.72 bits per heavy atom. The van der Waals surface area contributed by atoms with E-state index < -0.39 is 5.91 Å². The molecule has 0 aliphatic carbocycles. The van der Waals surface area contributed by atoms with Gasteiger partial charge in [0, 0.05) is 18.9 Å². The number of anilines is 1. The Morgan fingerprint density at radius 1 is 1.14 bits per heavy atom. The first-order chi connectivity index (χ1) is 14.1. The molecule has 2 aromatic heterocycles. The number of aromatic nitrogens is 2. The lowest BCUT2D eigenvalue weighted by Gasteiger charge is -2.12. The molecule has 8 nitrogen and oxygen atoms in total. The second kappa shape index (κ2) is 9.65. The average molecular weight is 412 g/mol. The minimum absolute atomic E-state index is 0.173. The fourth-order valence-corrected chi connectivity index (χ4v) is 3.31. The summed E-state index contributed by atoms with van der Waals surface area (Å²) in [6.45, 7) is 2.70. The molecule has 2 N–H and O–H groups in total. The maximum Gasteiger partial charge on any atom is 0.275 e. The van der Waals surface area contributed by atoms with Gasteiger partial charge in [0.2, 0.25) is 0 Å². The van der Waals surface area contributed by atoms with Gasteiger partial charge in [0.15, 0.2) is 11.5 Å². The molecule has 0 aliphatic heterocycles. The van der Waals surface area contributed by atoms with Crippen LogP contribution in [0.3, 0.4) is 0 Å². The van der Waals surface area contributed by atoms with E-state index in [9.17, 15) is 9.59 Å². The Kier molecular flexibility index (Phi) is 6.75. The molecule has 1 aromatic carbocycles. The van der Waals surface area contributed by atoms with Gasteiger partial charge in [-0.05, 0) is 36.1 Å². The van der Waals surface area contributed by atoms with Crippen LogP contribution >= 0.6 is 11.3 Å². The molecule has 0 saturated carbocycles. The fraction of sp³-hybridized carbons (Fsp3) is 0.200. The number of nitrogens with zero attached hydrogens (tertiary/aromatic N) is 2. The molecule has 0 atom stereocenters. The lowest BCUT2D eigenvalue weighted by Crippen LogP contribution is -2.23. The number of rotatable bonds is 8. The summed E-state index contributed by atoms with van der Waals surface area (Å²) in [5, 5.41) is 7.29. The van der Waals surface area contributed by atoms with E-state index in [2.05, 4.69) is 20.6 Å². The van der Waals surface area contributed by atoms with Crippen molar-refractivity contribution in [2.75, 3.05) is 19.0 Å². The topological polar surface area (TPSA) is 102 Å². The molecule has 2 heterocycles. The van der Waals surface area contributed by atoms with Crippen LogP contribution < -0.4 is 20.1 Å². The largest absolute Gasteiger partial charge is 0.493 e. The Morgan fingerprint density at radius 2 is 2.00 bits per heavy atom. The van der Waals surface area contributed by atoms with E-state index in [0.29, 0.717) is 35.2 Å². The predicted octanol–water partition coefficient (Wildman–Crippen LogP) is 3.13. The first-order valence-electron chi connectivity index (χ1n) is 8.85. The number of hydrogen-bond acceptors (Lipinski definition) is 7. The normalized spacial score (nSPS) is 10.3. The number of nitrogens with one attached hydrogen (secondary N) is 2. The van der Waals surface area contributed by atoms with Gasteiger partial charge < -0.3 is 20.1 Å². The molecule has 29 heavy (non-hydrogen) atoms. The van der Waals surface area contributed by atoms with Gasteiger partial charge in [-0.25, -0.2) is 4.98 Å². The highest BCUT2D eigenvalue weighted by atomic mass is 32.1. The number of carbonyl (C=O) groups excluding carboxylic acids is 2. The molecule has 150 valence electrons. The zero-order valence-electron chi connectivity index (χ0n) is 16.0. The summed E-state index contributed by atoms with van der Waals surface area (Å²) in [7, 11) is 1.58. The van der Waals surface area contributed by atoms with Gasteiger partial charge in [-0.15, -0.1) is 11.3 Å². The number of hydrogen-bond donors (Lipinski definition) is 2. The van der Waals surface area contributed by atoms with E-state index in [1.165, 1.54) is 29.9 Å². The van der Waals surface area contributed by atoms with E-state index >= 15 is 0 Å². The summed E-state index contributed by atoms with van der Waals surface area (Å²) < 4.78 is 10.8. The molecule has 3 aromatic rings. The third-order valence-corrected chi connectivity index (χ3v) is 4.81. The van der Waals surface area contributed by atoms with Crippen molar-refractivity contribution >= 4 is 28.8 Å². The van der Waals surface area contributed by atoms with Crippen molar-refractivity contribution in [1.29, 1.82) is 0 Å². The quantitative estimate of drug-likeness (QED) is 0.589. The lowest BCUT2D eigenvalue weighted by molar-refractivity contribution is 0.0955. The molecule has 0 radical (unpaired) electrons. The zero-order chi connectivity index (χ0) is 20.6. The van der Waals surface area contributed by atoms with Crippen LogP contribution in [0.5, 0.6) is 11.5 Å². The van der Waals surface area contributed by atoms with Gasteiger partial charge in [-0.1, -0.05) is 6.07 Å². The predicted molar refractivity (Wildman–Crippen MR) is 110 cm³/mol. The van der Waals surface area contributed by atoms with E-state index in [-0.39, 0.29) is 11.6 Å². The minimum atomic E-state index is -0.429. The molecule has 9 heteroatoms. The molecule has 2 amide bonds. The fourth-order valence-electron chi connectivity index (χ4n) is 2.55. The van der Waals surface area contributed by atoms with Crippen LogP contribution in [0.2, 0.25) is 0 Å². The molecule has 3 rings (SSSR count). The van der Waals surface area contributed by atoms with E-state index in [4.69, 9.17) is 9.47 Å². The van der Waals surface area contributed by atoms with Gasteiger partial charge in [-0.2, -0.15) is 0 Å². The average Bonchev–Trinajstić information content (AvgIpc) is 3.21. The van der Waals surface area contributed by atoms with Crippen LogP contribution in [0.4, 0.5) is 5.69 Å². The first-order valence-corrected chi connectivity index (χ1v) is 9.73. The van der Waals surface area contributed by atoms with Crippen molar-refractivity contribution in [2.24, 2.45) is 0 Å². The second-order valence-corrected chi connectivity index (χ2v) is 6.73. The summed E-state index contributed by atoms with van der Waals surface area (Å²) >= 11 is 1.24. The number of methoxy groups -OCH3 is 1. The summed E-state index contributed by atoms with van der Waals surface area (Å²) in [5.41, 5.74) is 1.46. The maximum atomic E-state index is 12.6. The summed E-state index contributed by atoms with van der Waals surface area (Å²) in [6, 6.07) is 7.15. The van der Waals surface area contributed by atoms with Crippen molar-refractivity contribution in [3.63, 3.8) is 0 Å². The van der Waals surface area contributed by atoms with Crippen LogP contribution in [0.15, 0.2) is 48.2 Å². The molecular weight excluding hydrogens is 392 g/mol. The molecule has 0 saturated heterocycles. The van der Waals surface area contributed by atoms with Gasteiger partial charge in [0.25, 0.3) is 11.8 Å². The van der Waals surface area contributed by atoms with Crippen molar-refractivity contribution < 1.29 is 19.1 Å². The number of benzene rings is 1. The van der Waals surface area contributed by atoms with Crippen molar-refractivity contribution in [2.45, 2.75) is 13.5 Å². The molecular formula is C20H20N4O4S. The molecule has 0 spiro atoms. The highest BCUT2D eigenvalue weighted by Crippen LogP contribution is 2.28. The van der Waals surface area contributed by atoms with Crippen LogP contribution in [0.25, 0.3) is 0 Å². The molecule has 0 unspecified atom stereocenters. The minimum Gasteiger partial charge on any atom is -0.493 e. The van der Waals surface area contributed by atoms with Gasteiger partial charge >= 0.3 is 0 Å². The monoisotopic (exact) mass is 412 g/mol. The first kappa shape index (κ1) is 20.3. The van der Waals surface area contributed by atoms with Crippen LogP contribution in [0.1, 0.15) is 32.6 Å². The second-order valence-electron chi connectivity index (χ2n) is 5.81. The molecule has 0 bridgehead atoms. The highest BCUT2D eigenvalue weighted by molar-refractivity contribution is 7.12. The third kappa shape index (κ3) is 5.08. The van der Waals surface area contributed by atoms with Gasteiger partial charge in [-0.3, -0.25) is 14.6 Å². The molecule has 0 aliphatic rings. The van der Waals surface area contributed by atoms with Crippen molar-refractivity contribution in [3.05, 3.63) is 64.4 Å². The number of amides is 2. The number of ether oxygens (including phenoxy) is 2. The zero-order valence-corrected chi connectivity index (χ0v) is 16.8. The van der Waals surface area contributed by atoms with Crippen LogP contribution in [-0.4, -0.2) is 35.5 Å². The van der Waals surface area contributed by atoms with Gasteiger partial charge in [0.1, 0.15) is 10.6 Å². The Hall–Kier alpha value is -3.46. The Balaban J connectivity index is 1.66. The summed E-state index contributed by atoms with van der Waals surface area (Å²) in [4.78, 5) is 33.1. The summed E-state index contributed by atoms with van der Waals surface area (Å²) in [5.74, 6) is 0.536. The molecule has 0 fully saturated rings. The third-order valence-electron chi connectivity index (χ3n) is 3.90. The van der Waals surface area contributed by atoms with E-state index in [1.807, 2.05) is 19.1 Å². The standard InChI is InChI=1S/C20H20N4O4S/c1-3-28-17-10-13(4-5-16(17)27-2)11-23-20(26)18-14(6-9-29-18)24-19(25)15-12-21-7-8-22-15/h4-10,12H,3,11H2,1-2H3,(H,23,26)(H,24,25). The van der Waals surface area contributed by atoms with Crippen LogP contribution in [0, 0.1) is 0 Å². The van der Waals surface area contributed by atoms with Crippen LogP contribution in [-0.2, 0) is 6.54 Å². The maximum absolute atomic E-state index is 12.6. The lowest BCUT2D eigenvalue weighted by atomic mass is 10.2. The number of carbonyl (C=O) groups is 2. The smallest absolute Gasteiger partial charge is 0.275 e. The highest BCUT2D eigenvalue weighted by Gasteiger charge is 2.17. The van der Waals surface area contributed by atoms with Gasteiger partial charge in [0.05, 0.1) is 25.6 Å². The van der Waals surface area contributed by atoms with Crippen molar-refractivity contribution in [1.82, 2.24) is 15.3 Å². The Labute approximate surface area is 171 Å². The SMILES string of the molecule is CCOc1cc(CNC(=O)c2sccc2NC(=O)c2cnccn2)ccc1OC.